The Hall–Kier alpha value is -2.05. The van der Waals surface area contributed by atoms with Crippen molar-refractivity contribution in [3.63, 3.8) is 0 Å². The Morgan fingerprint density at radius 3 is 2.82 bits per heavy atom. The number of hydrogen-bond donors (Lipinski definition) is 2. The van der Waals surface area contributed by atoms with Crippen molar-refractivity contribution in [1.82, 2.24) is 15.2 Å². The van der Waals surface area contributed by atoms with Crippen LogP contribution in [0.4, 0.5) is 18.9 Å². The van der Waals surface area contributed by atoms with Crippen molar-refractivity contribution >= 4 is 23.7 Å². The molecular weight excluding hydrogens is 457 g/mol. The van der Waals surface area contributed by atoms with E-state index in [1.807, 2.05) is 6.92 Å². The predicted molar refractivity (Wildman–Crippen MR) is 122 cm³/mol. The molecule has 2 atom stereocenters. The van der Waals surface area contributed by atoms with E-state index in [0.29, 0.717) is 22.4 Å². The first-order valence-electron chi connectivity index (χ1n) is 10.8. The van der Waals surface area contributed by atoms with E-state index in [1.54, 1.807) is 11.6 Å². The fourth-order valence-electron chi connectivity index (χ4n) is 3.77. The third-order valence-electron chi connectivity index (χ3n) is 5.38. The minimum absolute atomic E-state index is 0.154. The zero-order valence-corrected chi connectivity index (χ0v) is 19.3. The van der Waals surface area contributed by atoms with Crippen LogP contribution in [0.5, 0.6) is 5.75 Å². The first kappa shape index (κ1) is 25.6. The second-order valence-corrected chi connectivity index (χ2v) is 8.56. The summed E-state index contributed by atoms with van der Waals surface area (Å²) in [6, 6.07) is 3.03. The molecule has 2 heterocycles. The number of benzene rings is 1. The van der Waals surface area contributed by atoms with E-state index < -0.39 is 25.5 Å². The van der Waals surface area contributed by atoms with Gasteiger partial charge in [-0.25, -0.2) is 4.98 Å². The Morgan fingerprint density at radius 2 is 2.24 bits per heavy atom. The van der Waals surface area contributed by atoms with Gasteiger partial charge in [0.25, 0.3) is 0 Å². The number of halogens is 3. The Bertz CT molecular complexity index is 890. The van der Waals surface area contributed by atoms with Gasteiger partial charge in [-0.05, 0) is 50.3 Å². The number of alkyl halides is 3. The van der Waals surface area contributed by atoms with Gasteiger partial charge in [-0.1, -0.05) is 6.92 Å². The number of hydrogen-bond acceptors (Lipinski definition) is 8. The van der Waals surface area contributed by atoms with E-state index in [4.69, 9.17) is 14.6 Å². The number of nitrogens with zero attached hydrogens (tertiary/aromatic N) is 3. The maximum Gasteiger partial charge on any atom is 0.418 e. The van der Waals surface area contributed by atoms with E-state index >= 15 is 0 Å². The molecular formula is C22H29F3N4O3S. The van der Waals surface area contributed by atoms with Crippen LogP contribution >= 0.6 is 11.3 Å². The highest BCUT2D eigenvalue weighted by Gasteiger charge is 2.42. The van der Waals surface area contributed by atoms with Crippen LogP contribution in [0.2, 0.25) is 0 Å². The average Bonchev–Trinajstić information content (AvgIpc) is 3.50. The van der Waals surface area contributed by atoms with Crippen LogP contribution in [0, 0.1) is 0 Å². The first-order valence-corrected chi connectivity index (χ1v) is 11.7. The predicted octanol–water partition coefficient (Wildman–Crippen LogP) is 4.16. The number of nitrogens with one attached hydrogen (secondary N) is 1. The number of rotatable bonds is 12. The van der Waals surface area contributed by atoms with E-state index in [0.717, 1.165) is 32.5 Å². The summed E-state index contributed by atoms with van der Waals surface area (Å²) in [5.41, 5.74) is 0.412. The topological polar surface area (TPSA) is 79.2 Å². The standard InChI is InChI=1S/C22H29F3N4O3S/c1-3-29(13-16-5-4-6-27-16)14-32-19-17(21-28-7-10-33-21)11-15(12-18(19)26-2)20(22(23,24)25)31-9-8-30/h7,10-12,16,20,27,30H,2-6,8-9,13-14H2,1H3. The maximum atomic E-state index is 13.7. The smallest absolute Gasteiger partial charge is 0.418 e. The zero-order chi connectivity index (χ0) is 23.8. The second-order valence-electron chi connectivity index (χ2n) is 7.66. The minimum Gasteiger partial charge on any atom is -0.475 e. The van der Waals surface area contributed by atoms with Gasteiger partial charge in [0.2, 0.25) is 0 Å². The summed E-state index contributed by atoms with van der Waals surface area (Å²) in [6.07, 6.45) is -3.09. The van der Waals surface area contributed by atoms with Gasteiger partial charge in [-0.15, -0.1) is 11.3 Å². The molecule has 1 aromatic heterocycles. The van der Waals surface area contributed by atoms with Crippen LogP contribution in [0.3, 0.4) is 0 Å². The van der Waals surface area contributed by atoms with Crippen LogP contribution in [0.1, 0.15) is 31.4 Å². The van der Waals surface area contributed by atoms with Crippen LogP contribution < -0.4 is 10.1 Å². The Morgan fingerprint density at radius 1 is 1.42 bits per heavy atom. The molecule has 3 rings (SSSR count). The van der Waals surface area contributed by atoms with Crippen LogP contribution in [0.25, 0.3) is 10.6 Å². The van der Waals surface area contributed by atoms with Gasteiger partial charge in [-0.2, -0.15) is 13.2 Å². The molecule has 0 bridgehead atoms. The number of aliphatic imine (C=N–C) groups is 1. The van der Waals surface area contributed by atoms with Gasteiger partial charge in [0, 0.05) is 24.2 Å². The Kier molecular flexibility index (Phi) is 9.21. The van der Waals surface area contributed by atoms with Crippen LogP contribution in [-0.2, 0) is 4.74 Å². The molecule has 0 aliphatic carbocycles. The molecule has 182 valence electrons. The SMILES string of the molecule is C=Nc1cc(C(OCCO)C(F)(F)F)cc(-c2nccs2)c1OCN(CC)CC1CCCN1. The minimum atomic E-state index is -4.68. The monoisotopic (exact) mass is 486 g/mol. The second kappa shape index (κ2) is 11.9. The fraction of sp³-hybridized carbons (Fsp3) is 0.545. The van der Waals surface area contributed by atoms with E-state index in [9.17, 15) is 13.2 Å². The van der Waals surface area contributed by atoms with Crippen molar-refractivity contribution in [3.05, 3.63) is 29.3 Å². The number of likely N-dealkylation sites (N-methyl/N-ethyl adjacent to an activating group) is 1. The summed E-state index contributed by atoms with van der Waals surface area (Å²) in [6.45, 7) is 7.40. The third-order valence-corrected chi connectivity index (χ3v) is 6.19. The van der Waals surface area contributed by atoms with Gasteiger partial charge in [0.05, 0.1) is 18.8 Å². The molecule has 0 saturated carbocycles. The summed E-state index contributed by atoms with van der Waals surface area (Å²) in [5, 5.41) is 14.7. The normalized spacial score (nSPS) is 17.5. The first-order chi connectivity index (χ1) is 15.9. The largest absolute Gasteiger partial charge is 0.475 e. The summed E-state index contributed by atoms with van der Waals surface area (Å²) in [7, 11) is 0. The van der Waals surface area contributed by atoms with Gasteiger partial charge in [0.15, 0.2) is 11.9 Å². The van der Waals surface area contributed by atoms with Gasteiger partial charge < -0.3 is 19.9 Å². The number of aliphatic hydroxyl groups excluding tert-OH is 1. The number of aromatic nitrogens is 1. The number of thiazole rings is 1. The molecule has 2 aromatic rings. The molecule has 1 aromatic carbocycles. The summed E-state index contributed by atoms with van der Waals surface area (Å²) in [4.78, 5) is 10.3. The van der Waals surface area contributed by atoms with Crippen molar-refractivity contribution in [3.8, 4) is 16.3 Å². The highest BCUT2D eigenvalue weighted by Crippen LogP contribution is 2.45. The van der Waals surface area contributed by atoms with Crippen molar-refractivity contribution in [2.75, 3.05) is 39.6 Å². The van der Waals surface area contributed by atoms with E-state index in [1.165, 1.54) is 23.5 Å². The molecule has 1 aliphatic heterocycles. The number of ether oxygens (including phenoxy) is 2. The average molecular weight is 487 g/mol. The Labute approximate surface area is 195 Å². The van der Waals surface area contributed by atoms with Crippen molar-refractivity contribution in [1.29, 1.82) is 0 Å². The molecule has 0 amide bonds. The molecule has 7 nitrogen and oxygen atoms in total. The lowest BCUT2D eigenvalue weighted by atomic mass is 10.0. The number of aliphatic hydroxyl groups is 1. The van der Waals surface area contributed by atoms with E-state index in [-0.39, 0.29) is 18.0 Å². The molecule has 1 saturated heterocycles. The quantitative estimate of drug-likeness (QED) is 0.346. The molecule has 2 unspecified atom stereocenters. The Balaban J connectivity index is 1.94. The van der Waals surface area contributed by atoms with E-state index in [2.05, 4.69) is 26.9 Å². The molecule has 1 aliphatic rings. The zero-order valence-electron chi connectivity index (χ0n) is 18.5. The van der Waals surface area contributed by atoms with Crippen molar-refractivity contribution in [2.24, 2.45) is 4.99 Å². The summed E-state index contributed by atoms with van der Waals surface area (Å²) in [5.74, 6) is 0.324. The summed E-state index contributed by atoms with van der Waals surface area (Å²) >= 11 is 1.28. The third kappa shape index (κ3) is 6.73. The molecule has 0 radical (unpaired) electrons. The lowest BCUT2D eigenvalue weighted by Gasteiger charge is -2.26. The van der Waals surface area contributed by atoms with Crippen LogP contribution in [-0.4, -0.2) is 73.5 Å². The lowest BCUT2D eigenvalue weighted by molar-refractivity contribution is -0.225. The molecule has 33 heavy (non-hydrogen) atoms. The lowest BCUT2D eigenvalue weighted by Crippen LogP contribution is -2.39. The van der Waals surface area contributed by atoms with Gasteiger partial charge in [-0.3, -0.25) is 9.89 Å². The van der Waals surface area contributed by atoms with Gasteiger partial charge in [0.1, 0.15) is 17.4 Å². The summed E-state index contributed by atoms with van der Waals surface area (Å²) < 4.78 is 52.2. The fourth-order valence-corrected chi connectivity index (χ4v) is 4.43. The highest BCUT2D eigenvalue weighted by molar-refractivity contribution is 7.13. The molecule has 0 spiro atoms. The van der Waals surface area contributed by atoms with Gasteiger partial charge >= 0.3 is 6.18 Å². The van der Waals surface area contributed by atoms with Crippen molar-refractivity contribution in [2.45, 2.75) is 38.1 Å². The molecule has 11 heteroatoms. The van der Waals surface area contributed by atoms with Crippen LogP contribution in [0.15, 0.2) is 28.7 Å². The van der Waals surface area contributed by atoms with Crippen molar-refractivity contribution < 1.29 is 27.8 Å². The maximum absolute atomic E-state index is 13.7. The molecule has 1 fully saturated rings. The molecule has 2 N–H and O–H groups in total. The highest BCUT2D eigenvalue weighted by atomic mass is 32.1.